The van der Waals surface area contributed by atoms with Gasteiger partial charge in [0.2, 0.25) is 23.6 Å². The molecule has 12 aliphatic heterocycles. The molecule has 0 N–H and O–H groups in total. The zero-order valence-corrected chi connectivity index (χ0v) is 80.7. The van der Waals surface area contributed by atoms with E-state index in [-0.39, 0.29) is 48.6 Å². The minimum Gasteiger partial charge on any atom is -0.381 e. The topological polar surface area (TPSA) is 281 Å². The molecule has 4 aromatic carbocycles. The van der Waals surface area contributed by atoms with Crippen molar-refractivity contribution in [2.75, 3.05) is 171 Å². The van der Waals surface area contributed by atoms with Gasteiger partial charge in [-0.05, 0) is 130 Å². The van der Waals surface area contributed by atoms with Crippen LogP contribution in [0.25, 0.3) is 88.1 Å². The summed E-state index contributed by atoms with van der Waals surface area (Å²) >= 11 is 0. The van der Waals surface area contributed by atoms with Gasteiger partial charge in [0.25, 0.3) is 5.92 Å². The van der Waals surface area contributed by atoms with Gasteiger partial charge >= 0.3 is 0 Å². The molecule has 12 aromatic rings. The monoisotopic (exact) mass is 1890 g/mol. The van der Waals surface area contributed by atoms with Gasteiger partial charge in [-0.1, -0.05) is 72.8 Å². The molecule has 30 nitrogen and oxygen atoms in total. The van der Waals surface area contributed by atoms with E-state index in [1.54, 1.807) is 38.8 Å². The number of hydrogen-bond acceptors (Lipinski definition) is 22. The van der Waals surface area contributed by atoms with E-state index in [1.165, 1.54) is 63.9 Å². The lowest BCUT2D eigenvalue weighted by Crippen LogP contribution is -2.44. The molecule has 8 aromatic heterocycles. The first-order chi connectivity index (χ1) is 67.8. The standard InChI is InChI=1S/C27H34N6O2.C27H30N6O2.C27H33N5O2.C26H29F2N5O2/c1-19(34)32-9-6-25-24(18-32)27(29-33(25)21-7-14-35-15-8-21)22-5-3-4-20-16-26(28-17-23(20)22)31-12-10-30(2)11-13-31;1-18(34)31-10-6-25-24(17-31)27(30-33(25)21-7-11-35-12-8-21)22-4-2-3-20-13-26(29-15-23(20)22)32-9-5-19(14-28)16-32;1-19(33)31-13-8-25-24(18-31)27(29-32(25)21-9-14-34-15-10-21)22-7-5-6-20-16-26(28-17-23(20)22)30-11-3-2-4-12-30;1-17(34)31-9-5-23-22(15-31)25(30-33(23)19-6-11-35-12-7-19)20-4-2-3-18-13-24(29-14-21(18)20)32-10-8-26(27,28)16-32/h3-5,16-17,21H,6-15,18H2,1-2H3;2-4,13,15,19,21H,5-12,16-17H2,1H3;5-7,16-17,21H,2-4,8-15,18H2,1H3;2-4,13-14,19H,5-12,15-16H2,1H3. The van der Waals surface area contributed by atoms with Gasteiger partial charge in [-0.25, -0.2) is 28.7 Å². The minimum atomic E-state index is -2.67. The number of carbonyl (C=O) groups excluding carboxylic acids is 4. The predicted molar refractivity (Wildman–Crippen MR) is 531 cm³/mol. The smallest absolute Gasteiger partial charge is 0.266 e. The van der Waals surface area contributed by atoms with Gasteiger partial charge in [-0.15, -0.1) is 0 Å². The van der Waals surface area contributed by atoms with Crippen molar-refractivity contribution in [3.05, 3.63) is 167 Å². The number of piperidine rings is 1. The van der Waals surface area contributed by atoms with Gasteiger partial charge < -0.3 is 63.0 Å². The lowest BCUT2D eigenvalue weighted by atomic mass is 9.97. The molecule has 0 spiro atoms. The number of carbonyl (C=O) groups is 4. The van der Waals surface area contributed by atoms with Crippen molar-refractivity contribution < 1.29 is 46.9 Å². The maximum absolute atomic E-state index is 13.8. The second kappa shape index (κ2) is 40.4. The number of anilines is 4. The summed E-state index contributed by atoms with van der Waals surface area (Å²) in [6, 6.07) is 37.4. The number of fused-ring (bicyclic) bond motifs is 8. The Balaban J connectivity index is 0.000000110. The molecular formula is C107H126F2N22O8. The molecule has 726 valence electrons. The summed E-state index contributed by atoms with van der Waals surface area (Å²) in [6.07, 6.45) is 23.3. The fourth-order valence-corrected chi connectivity index (χ4v) is 23.0. The highest BCUT2D eigenvalue weighted by Crippen LogP contribution is 2.45. The summed E-state index contributed by atoms with van der Waals surface area (Å²) < 4.78 is 58.9. The molecule has 0 saturated carbocycles. The number of benzene rings is 4. The third-order valence-corrected chi connectivity index (χ3v) is 31.0. The summed E-state index contributed by atoms with van der Waals surface area (Å²) in [6.45, 7) is 25.9. The van der Waals surface area contributed by atoms with Crippen molar-refractivity contribution in [2.24, 2.45) is 5.92 Å². The van der Waals surface area contributed by atoms with Gasteiger partial charge in [-0.3, -0.25) is 37.9 Å². The van der Waals surface area contributed by atoms with Crippen molar-refractivity contribution in [3.63, 3.8) is 0 Å². The molecule has 139 heavy (non-hydrogen) atoms. The van der Waals surface area contributed by atoms with Crippen molar-refractivity contribution in [1.29, 1.82) is 5.26 Å². The average Bonchev–Trinajstić information content (AvgIpc) is 1.62. The Kier molecular flexibility index (Phi) is 27.0. The minimum absolute atomic E-state index is 0.0621. The van der Waals surface area contributed by atoms with Crippen molar-refractivity contribution >= 4 is 90.0 Å². The molecule has 1 atom stereocenters. The van der Waals surface area contributed by atoms with Crippen LogP contribution < -0.4 is 19.6 Å². The average molecular weight is 1890 g/mol. The van der Waals surface area contributed by atoms with Crippen LogP contribution in [0.5, 0.6) is 0 Å². The van der Waals surface area contributed by atoms with Crippen LogP contribution in [0.4, 0.5) is 32.1 Å². The van der Waals surface area contributed by atoms with Crippen LogP contribution in [0.1, 0.15) is 180 Å². The number of alkyl halides is 2. The van der Waals surface area contributed by atoms with Crippen molar-refractivity contribution in [2.45, 2.75) is 193 Å². The van der Waals surface area contributed by atoms with E-state index in [2.05, 4.69) is 129 Å². The summed E-state index contributed by atoms with van der Waals surface area (Å²) in [5, 5.41) is 38.7. The number of pyridine rings is 4. The van der Waals surface area contributed by atoms with Crippen LogP contribution in [0.3, 0.4) is 0 Å². The Morgan fingerprint density at radius 1 is 0.367 bits per heavy atom. The van der Waals surface area contributed by atoms with Crippen LogP contribution in [0.2, 0.25) is 0 Å². The number of hydrogen-bond donors (Lipinski definition) is 0. The number of nitrogens with zero attached hydrogens (tertiary/aromatic N) is 22. The summed E-state index contributed by atoms with van der Waals surface area (Å²) in [5.74, 6) is 1.42. The largest absolute Gasteiger partial charge is 0.381 e. The van der Waals surface area contributed by atoms with Gasteiger partial charge in [-0.2, -0.15) is 25.7 Å². The Morgan fingerprint density at radius 2 is 0.669 bits per heavy atom. The fraction of sp³-hybridized carbons (Fsp3) is 0.505. The first kappa shape index (κ1) is 92.9. The lowest BCUT2D eigenvalue weighted by Gasteiger charge is -2.33. The molecule has 8 fully saturated rings. The number of rotatable bonds is 12. The molecular weight excluding hydrogens is 1760 g/mol. The maximum atomic E-state index is 13.8. The van der Waals surface area contributed by atoms with Gasteiger partial charge in [0.1, 0.15) is 23.3 Å². The van der Waals surface area contributed by atoms with E-state index < -0.39 is 5.92 Å². The second-order valence-corrected chi connectivity index (χ2v) is 39.7. The van der Waals surface area contributed by atoms with Gasteiger partial charge in [0, 0.05) is 338 Å². The highest BCUT2D eigenvalue weighted by molar-refractivity contribution is 6.01. The summed E-state index contributed by atoms with van der Waals surface area (Å²) in [5.41, 5.74) is 17.7. The number of likely N-dealkylation sites (N-methyl/N-ethyl adjacent to an activating group) is 1. The summed E-state index contributed by atoms with van der Waals surface area (Å²) in [4.78, 5) is 86.7. The van der Waals surface area contributed by atoms with Crippen LogP contribution >= 0.6 is 0 Å². The Bertz CT molecular complexity index is 6620. The Hall–Kier alpha value is -12.4. The third-order valence-electron chi connectivity index (χ3n) is 31.0. The number of amides is 4. The Labute approximate surface area is 809 Å². The van der Waals surface area contributed by atoms with Crippen molar-refractivity contribution in [3.8, 4) is 51.1 Å². The third kappa shape index (κ3) is 19.3. The summed E-state index contributed by atoms with van der Waals surface area (Å²) in [7, 11) is 2.17. The highest BCUT2D eigenvalue weighted by Gasteiger charge is 2.41. The number of ether oxygens (including phenoxy) is 4. The van der Waals surface area contributed by atoms with Gasteiger partial charge in [0.05, 0.1) is 65.5 Å². The van der Waals surface area contributed by atoms with Crippen LogP contribution in [-0.4, -0.2) is 265 Å². The normalized spacial score (nSPS) is 20.1. The molecule has 1 unspecified atom stereocenters. The number of aromatic nitrogens is 12. The Morgan fingerprint density at radius 3 is 0.957 bits per heavy atom. The van der Waals surface area contributed by atoms with Crippen LogP contribution in [-0.2, 0) is 90.0 Å². The van der Waals surface area contributed by atoms with E-state index in [0.717, 1.165) is 314 Å². The zero-order chi connectivity index (χ0) is 95.1. The van der Waals surface area contributed by atoms with Crippen LogP contribution in [0.15, 0.2) is 122 Å². The first-order valence-electron chi connectivity index (χ1n) is 50.6. The SMILES string of the molecule is CC(=O)N1CCc2c(c(-c3cccc4cc(N5CCC(C#N)C5)ncc34)nn2C2CCOCC2)C1.CC(=O)N1CCc2c(c(-c3cccc4cc(N5CCC(F)(F)C5)ncc34)nn2C2CCOCC2)C1.CC(=O)N1CCc2c(c(-c3cccc4cc(N5CCCCC5)ncc34)nn2C2CCOCC2)C1.CC(=O)N1CCc2c(c(-c3cccc4cc(N5CCN(C)CC5)ncc34)nn2C2CCOCC2)C1. The molecule has 24 rings (SSSR count). The lowest BCUT2D eigenvalue weighted by molar-refractivity contribution is -0.130. The van der Waals surface area contributed by atoms with E-state index >= 15 is 0 Å². The van der Waals surface area contributed by atoms with E-state index in [4.69, 9.17) is 54.3 Å². The molecule has 20 heterocycles. The maximum Gasteiger partial charge on any atom is 0.266 e. The van der Waals surface area contributed by atoms with E-state index in [0.29, 0.717) is 63.2 Å². The molecule has 32 heteroatoms. The fourth-order valence-electron chi connectivity index (χ4n) is 23.0. The highest BCUT2D eigenvalue weighted by atomic mass is 19.3. The number of halogens is 2. The van der Waals surface area contributed by atoms with E-state index in [9.17, 15) is 33.2 Å². The number of piperazine rings is 1. The molecule has 8 saturated heterocycles. The first-order valence-corrected chi connectivity index (χ1v) is 50.6. The van der Waals surface area contributed by atoms with Crippen LogP contribution in [0, 0.1) is 17.2 Å². The quantitative estimate of drug-likeness (QED) is 0.110. The molecule has 0 aliphatic carbocycles. The molecule has 0 bridgehead atoms. The second-order valence-electron chi connectivity index (χ2n) is 39.7. The predicted octanol–water partition coefficient (Wildman–Crippen LogP) is 15.4. The number of nitriles is 1. The van der Waals surface area contributed by atoms with Gasteiger partial charge in [0.15, 0.2) is 0 Å². The van der Waals surface area contributed by atoms with Crippen molar-refractivity contribution in [1.82, 2.24) is 83.6 Å². The molecule has 0 radical (unpaired) electrons. The molecule has 12 aliphatic rings. The van der Waals surface area contributed by atoms with E-state index in [1.807, 2.05) is 62.5 Å². The zero-order valence-electron chi connectivity index (χ0n) is 80.7. The molecule has 4 amide bonds.